The van der Waals surface area contributed by atoms with Gasteiger partial charge < -0.3 is 24.4 Å². The van der Waals surface area contributed by atoms with Crippen molar-refractivity contribution in [2.45, 2.75) is 44.9 Å². The van der Waals surface area contributed by atoms with Gasteiger partial charge in [-0.25, -0.2) is 4.98 Å². The van der Waals surface area contributed by atoms with E-state index in [4.69, 9.17) is 14.5 Å². The Labute approximate surface area is 232 Å². The number of hydrogen-bond acceptors (Lipinski definition) is 7. The quantitative estimate of drug-likeness (QED) is 0.355. The number of rotatable bonds is 7. The van der Waals surface area contributed by atoms with Crippen LogP contribution in [0, 0.1) is 6.92 Å². The molecule has 1 fully saturated rings. The zero-order chi connectivity index (χ0) is 26.8. The summed E-state index contributed by atoms with van der Waals surface area (Å²) in [6.07, 6.45) is 1.19. The normalized spacial score (nSPS) is 17.4. The maximum atomic E-state index is 13.7. The van der Waals surface area contributed by atoms with Gasteiger partial charge in [0.1, 0.15) is 12.4 Å². The van der Waals surface area contributed by atoms with Gasteiger partial charge in [-0.1, -0.05) is 23.8 Å². The first kappa shape index (κ1) is 25.6. The molecule has 6 rings (SSSR count). The maximum Gasteiger partial charge on any atom is 0.227 e. The Morgan fingerprint density at radius 2 is 1.95 bits per heavy atom. The second kappa shape index (κ2) is 11.2. The van der Waals surface area contributed by atoms with Gasteiger partial charge in [-0.3, -0.25) is 4.79 Å². The Bertz CT molecular complexity index is 1450. The number of amides is 1. The number of ether oxygens (including phenoxy) is 2. The molecule has 1 unspecified atom stereocenters. The molecular weight excluding hydrogens is 510 g/mol. The molecule has 0 aliphatic carbocycles. The van der Waals surface area contributed by atoms with Crippen molar-refractivity contribution >= 4 is 34.0 Å². The summed E-state index contributed by atoms with van der Waals surface area (Å²) in [7, 11) is 0. The van der Waals surface area contributed by atoms with Crippen LogP contribution in [0.1, 0.15) is 29.5 Å². The topological polar surface area (TPSA) is 75.1 Å². The summed E-state index contributed by atoms with van der Waals surface area (Å²) >= 11 is 1.60. The van der Waals surface area contributed by atoms with E-state index in [0.717, 1.165) is 46.7 Å². The van der Waals surface area contributed by atoms with Gasteiger partial charge in [0.05, 0.1) is 24.6 Å². The van der Waals surface area contributed by atoms with Crippen molar-refractivity contribution in [3.63, 3.8) is 0 Å². The standard InChI is InChI=1S/C31H33N3O4S/c1-21-6-7-27-23(14-21)16-24(31(32-27)33-11-8-25(35)9-12-33)17-34(30(36)15-22-10-13-39-20-22)18-26-19-37-28-4-2-3-5-29(28)38-26/h2-7,10,13-14,16,20,25-26,35H,8-9,11-12,15,17-19H2,1H3. The fraction of sp³-hybridized carbons (Fsp3) is 0.355. The van der Waals surface area contributed by atoms with Gasteiger partial charge in [0.15, 0.2) is 17.6 Å². The summed E-state index contributed by atoms with van der Waals surface area (Å²) in [4.78, 5) is 23.0. The molecule has 4 heterocycles. The number of aliphatic hydroxyl groups is 1. The van der Waals surface area contributed by atoms with Crippen LogP contribution in [-0.2, 0) is 17.8 Å². The molecule has 1 N–H and O–H groups in total. The number of anilines is 1. The third-order valence-corrected chi connectivity index (χ3v) is 8.16. The summed E-state index contributed by atoms with van der Waals surface area (Å²) < 4.78 is 12.2. The first-order valence-corrected chi connectivity index (χ1v) is 14.5. The Kier molecular flexibility index (Phi) is 7.39. The molecule has 1 atom stereocenters. The molecule has 2 aromatic heterocycles. The third-order valence-electron chi connectivity index (χ3n) is 7.43. The van der Waals surface area contributed by atoms with E-state index in [1.165, 1.54) is 5.56 Å². The first-order valence-electron chi connectivity index (χ1n) is 13.5. The number of carbonyl (C=O) groups is 1. The second-order valence-electron chi connectivity index (χ2n) is 10.5. The van der Waals surface area contributed by atoms with Gasteiger partial charge in [0.2, 0.25) is 5.91 Å². The maximum absolute atomic E-state index is 13.7. The number of piperidine rings is 1. The molecule has 1 amide bonds. The smallest absolute Gasteiger partial charge is 0.227 e. The van der Waals surface area contributed by atoms with Crippen LogP contribution in [0.5, 0.6) is 11.5 Å². The molecule has 0 bridgehead atoms. The molecule has 0 saturated carbocycles. The van der Waals surface area contributed by atoms with Crippen LogP contribution >= 0.6 is 11.3 Å². The number of benzene rings is 2. The number of nitrogens with zero attached hydrogens (tertiary/aromatic N) is 3. The molecule has 2 aliphatic heterocycles. The van der Waals surface area contributed by atoms with Crippen molar-refractivity contribution in [1.29, 1.82) is 0 Å². The van der Waals surface area contributed by atoms with Crippen LogP contribution in [0.25, 0.3) is 10.9 Å². The lowest BCUT2D eigenvalue weighted by atomic mass is 10.0. The van der Waals surface area contributed by atoms with Crippen LogP contribution in [0.15, 0.2) is 65.4 Å². The van der Waals surface area contributed by atoms with E-state index in [2.05, 4.69) is 36.1 Å². The molecule has 0 spiro atoms. The first-order chi connectivity index (χ1) is 19.0. The summed E-state index contributed by atoms with van der Waals surface area (Å²) in [5, 5.41) is 15.2. The number of para-hydroxylation sites is 2. The average molecular weight is 544 g/mol. The van der Waals surface area contributed by atoms with Crippen molar-refractivity contribution < 1.29 is 19.4 Å². The van der Waals surface area contributed by atoms with Gasteiger partial charge in [0.25, 0.3) is 0 Å². The van der Waals surface area contributed by atoms with Crippen molar-refractivity contribution in [1.82, 2.24) is 9.88 Å². The van der Waals surface area contributed by atoms with E-state index < -0.39 is 0 Å². The number of fused-ring (bicyclic) bond motifs is 2. The highest BCUT2D eigenvalue weighted by atomic mass is 32.1. The van der Waals surface area contributed by atoms with E-state index in [1.54, 1.807) is 11.3 Å². The average Bonchev–Trinajstić information content (AvgIpc) is 3.46. The molecule has 202 valence electrons. The number of pyridine rings is 1. The van der Waals surface area contributed by atoms with Crippen LogP contribution < -0.4 is 14.4 Å². The Morgan fingerprint density at radius 3 is 2.74 bits per heavy atom. The third kappa shape index (κ3) is 5.87. The zero-order valence-corrected chi connectivity index (χ0v) is 22.9. The Hall–Kier alpha value is -3.62. The van der Waals surface area contributed by atoms with Crippen LogP contribution in [-0.4, -0.2) is 59.3 Å². The predicted molar refractivity (Wildman–Crippen MR) is 154 cm³/mol. The largest absolute Gasteiger partial charge is 0.486 e. The van der Waals surface area contributed by atoms with Crippen LogP contribution in [0.2, 0.25) is 0 Å². The Balaban J connectivity index is 1.32. The molecule has 2 aromatic carbocycles. The Morgan fingerprint density at radius 1 is 1.13 bits per heavy atom. The lowest BCUT2D eigenvalue weighted by Gasteiger charge is -2.34. The number of thiophene rings is 1. The van der Waals surface area contributed by atoms with E-state index in [1.807, 2.05) is 46.0 Å². The van der Waals surface area contributed by atoms with Gasteiger partial charge in [0, 0.05) is 30.6 Å². The van der Waals surface area contributed by atoms with Crippen LogP contribution in [0.4, 0.5) is 5.82 Å². The number of aromatic nitrogens is 1. The number of carbonyl (C=O) groups excluding carboxylic acids is 1. The molecule has 4 aromatic rings. The minimum Gasteiger partial charge on any atom is -0.486 e. The van der Waals surface area contributed by atoms with E-state index in [0.29, 0.717) is 44.7 Å². The highest BCUT2D eigenvalue weighted by Crippen LogP contribution is 2.32. The molecule has 2 aliphatic rings. The van der Waals surface area contributed by atoms with Crippen molar-refractivity contribution in [2.75, 3.05) is 31.1 Å². The highest BCUT2D eigenvalue weighted by Gasteiger charge is 2.28. The molecular formula is C31H33N3O4S. The van der Waals surface area contributed by atoms with Crippen LogP contribution in [0.3, 0.4) is 0 Å². The molecule has 1 saturated heterocycles. The molecule has 0 radical (unpaired) electrons. The van der Waals surface area contributed by atoms with Gasteiger partial charge in [-0.2, -0.15) is 11.3 Å². The molecule has 8 heteroatoms. The summed E-state index contributed by atoms with van der Waals surface area (Å²) in [5.41, 5.74) is 4.11. The number of hydrogen-bond donors (Lipinski definition) is 1. The lowest BCUT2D eigenvalue weighted by Crippen LogP contribution is -2.44. The minimum atomic E-state index is -0.282. The fourth-order valence-electron chi connectivity index (χ4n) is 5.34. The van der Waals surface area contributed by atoms with E-state index in [9.17, 15) is 9.90 Å². The monoisotopic (exact) mass is 543 g/mol. The number of aryl methyl sites for hydroxylation is 1. The second-order valence-corrected chi connectivity index (χ2v) is 11.2. The van der Waals surface area contributed by atoms with Gasteiger partial charge >= 0.3 is 0 Å². The summed E-state index contributed by atoms with van der Waals surface area (Å²) in [6.45, 7) is 4.74. The predicted octanol–water partition coefficient (Wildman–Crippen LogP) is 4.98. The SMILES string of the molecule is Cc1ccc2nc(N3CCC(O)CC3)c(CN(CC3COc4ccccc4O3)C(=O)Cc3ccsc3)cc2c1. The lowest BCUT2D eigenvalue weighted by molar-refractivity contribution is -0.132. The van der Waals surface area contributed by atoms with E-state index in [-0.39, 0.29) is 18.1 Å². The molecule has 7 nitrogen and oxygen atoms in total. The van der Waals surface area contributed by atoms with Crippen molar-refractivity contribution in [3.8, 4) is 11.5 Å². The van der Waals surface area contributed by atoms with Crippen molar-refractivity contribution in [3.05, 3.63) is 82.0 Å². The fourth-order valence-corrected chi connectivity index (χ4v) is 6.00. The number of aliphatic hydroxyl groups excluding tert-OH is 1. The molecule has 39 heavy (non-hydrogen) atoms. The highest BCUT2D eigenvalue weighted by molar-refractivity contribution is 7.08. The zero-order valence-electron chi connectivity index (χ0n) is 22.1. The minimum absolute atomic E-state index is 0.0419. The van der Waals surface area contributed by atoms with Gasteiger partial charge in [-0.05, 0) is 72.5 Å². The van der Waals surface area contributed by atoms with Gasteiger partial charge in [-0.15, -0.1) is 0 Å². The summed E-state index contributed by atoms with van der Waals surface area (Å²) in [6, 6.07) is 18.1. The summed E-state index contributed by atoms with van der Waals surface area (Å²) in [5.74, 6) is 2.36. The van der Waals surface area contributed by atoms with Crippen molar-refractivity contribution in [2.24, 2.45) is 0 Å². The van der Waals surface area contributed by atoms with E-state index >= 15 is 0 Å².